The van der Waals surface area contributed by atoms with E-state index in [1.54, 1.807) is 0 Å². The molecule has 0 unspecified atom stereocenters. The molecule has 2 rings (SSSR count). The van der Waals surface area contributed by atoms with Crippen LogP contribution in [0.2, 0.25) is 0 Å². The van der Waals surface area contributed by atoms with E-state index in [0.717, 1.165) is 12.8 Å². The van der Waals surface area contributed by atoms with Gasteiger partial charge in [-0.25, -0.2) is 4.98 Å². The fraction of sp³-hybridized carbons (Fsp3) is 0.615. The first-order chi connectivity index (χ1) is 8.61. The molecule has 0 saturated heterocycles. The van der Waals surface area contributed by atoms with E-state index in [1.807, 2.05) is 13.8 Å². The van der Waals surface area contributed by atoms with Crippen molar-refractivity contribution in [2.75, 3.05) is 11.4 Å². The molecular weight excluding hydrogens is 228 g/mol. The number of nitrogens with zero attached hydrogens (tertiary/aromatic N) is 3. The van der Waals surface area contributed by atoms with Gasteiger partial charge in [0, 0.05) is 24.6 Å². The fourth-order valence-corrected chi connectivity index (χ4v) is 1.92. The number of nitrogens with one attached hydrogen (secondary N) is 1. The molecule has 1 fully saturated rings. The van der Waals surface area contributed by atoms with Gasteiger partial charge in [-0.2, -0.15) is 5.26 Å². The molecule has 0 bridgehead atoms. The molecular formula is C13H18N4O. The number of nitriles is 1. The predicted molar refractivity (Wildman–Crippen MR) is 69.5 cm³/mol. The van der Waals surface area contributed by atoms with Crippen LogP contribution in [0.15, 0.2) is 10.9 Å². The largest absolute Gasteiger partial charge is 0.352 e. The second-order valence-electron chi connectivity index (χ2n) is 4.98. The average Bonchev–Trinajstić information content (AvgIpc) is 3.13. The molecule has 5 nitrogen and oxygen atoms in total. The van der Waals surface area contributed by atoms with Crippen LogP contribution in [0, 0.1) is 11.3 Å². The molecule has 1 heterocycles. The molecule has 0 aromatic carbocycles. The lowest BCUT2D eigenvalue weighted by molar-refractivity contribution is 0.730. The number of aromatic amines is 1. The van der Waals surface area contributed by atoms with Gasteiger partial charge >= 0.3 is 0 Å². The van der Waals surface area contributed by atoms with Gasteiger partial charge in [0.1, 0.15) is 11.6 Å². The second-order valence-corrected chi connectivity index (χ2v) is 4.98. The Morgan fingerprint density at radius 1 is 1.61 bits per heavy atom. The minimum absolute atomic E-state index is 0.119. The summed E-state index contributed by atoms with van der Waals surface area (Å²) in [6.07, 6.45) is 2.70. The summed E-state index contributed by atoms with van der Waals surface area (Å²) in [4.78, 5) is 21.0. The SMILES string of the molecule is CC(C)c1nc(N(CCC#N)C2CC2)cc(=O)[nH]1. The Hall–Kier alpha value is -1.83. The van der Waals surface area contributed by atoms with Gasteiger partial charge in [0.25, 0.3) is 5.56 Å². The number of aromatic nitrogens is 2. The average molecular weight is 246 g/mol. The molecule has 1 aromatic heterocycles. The van der Waals surface area contributed by atoms with Crippen molar-refractivity contribution >= 4 is 5.82 Å². The molecule has 0 amide bonds. The van der Waals surface area contributed by atoms with Crippen molar-refractivity contribution in [2.24, 2.45) is 0 Å². The molecule has 96 valence electrons. The smallest absolute Gasteiger partial charge is 0.252 e. The van der Waals surface area contributed by atoms with Crippen molar-refractivity contribution < 1.29 is 0 Å². The molecule has 0 radical (unpaired) electrons. The van der Waals surface area contributed by atoms with Gasteiger partial charge in [-0.15, -0.1) is 0 Å². The van der Waals surface area contributed by atoms with Crippen LogP contribution in [0.25, 0.3) is 0 Å². The van der Waals surface area contributed by atoms with Gasteiger partial charge in [-0.05, 0) is 12.8 Å². The molecule has 0 atom stereocenters. The van der Waals surface area contributed by atoms with E-state index in [4.69, 9.17) is 5.26 Å². The number of hydrogen-bond donors (Lipinski definition) is 1. The third-order valence-electron chi connectivity index (χ3n) is 3.04. The Labute approximate surface area is 106 Å². The van der Waals surface area contributed by atoms with Crippen LogP contribution >= 0.6 is 0 Å². The first-order valence-electron chi connectivity index (χ1n) is 6.36. The van der Waals surface area contributed by atoms with E-state index in [1.165, 1.54) is 6.07 Å². The molecule has 1 aromatic rings. The van der Waals surface area contributed by atoms with Crippen molar-refractivity contribution in [3.8, 4) is 6.07 Å². The topological polar surface area (TPSA) is 72.8 Å². The Morgan fingerprint density at radius 3 is 2.89 bits per heavy atom. The van der Waals surface area contributed by atoms with E-state index in [2.05, 4.69) is 20.9 Å². The van der Waals surface area contributed by atoms with Crippen molar-refractivity contribution in [3.05, 3.63) is 22.2 Å². The van der Waals surface area contributed by atoms with Gasteiger partial charge in [0.15, 0.2) is 0 Å². The molecule has 0 aliphatic heterocycles. The first kappa shape index (κ1) is 12.6. The van der Waals surface area contributed by atoms with Gasteiger partial charge < -0.3 is 9.88 Å². The molecule has 1 saturated carbocycles. The zero-order chi connectivity index (χ0) is 13.1. The van der Waals surface area contributed by atoms with Crippen LogP contribution in [-0.2, 0) is 0 Å². The van der Waals surface area contributed by atoms with Crippen LogP contribution in [0.4, 0.5) is 5.82 Å². The highest BCUT2D eigenvalue weighted by Gasteiger charge is 2.30. The maximum Gasteiger partial charge on any atom is 0.252 e. The molecule has 1 aliphatic carbocycles. The highest BCUT2D eigenvalue weighted by atomic mass is 16.1. The Bertz CT molecular complexity index is 510. The standard InChI is InChI=1S/C13H18N4O/c1-9(2)13-15-11(8-12(18)16-13)17(7-3-6-14)10-4-5-10/h8-10H,3-5,7H2,1-2H3,(H,15,16,18). The highest BCUT2D eigenvalue weighted by Crippen LogP contribution is 2.30. The van der Waals surface area contributed by atoms with E-state index in [9.17, 15) is 4.79 Å². The van der Waals surface area contributed by atoms with Crippen molar-refractivity contribution in [1.82, 2.24) is 9.97 Å². The van der Waals surface area contributed by atoms with Gasteiger partial charge in [0.2, 0.25) is 0 Å². The summed E-state index contributed by atoms with van der Waals surface area (Å²) < 4.78 is 0. The molecule has 18 heavy (non-hydrogen) atoms. The quantitative estimate of drug-likeness (QED) is 0.859. The zero-order valence-electron chi connectivity index (χ0n) is 10.8. The van der Waals surface area contributed by atoms with Crippen molar-refractivity contribution in [1.29, 1.82) is 5.26 Å². The van der Waals surface area contributed by atoms with E-state index < -0.39 is 0 Å². The minimum atomic E-state index is -0.119. The summed E-state index contributed by atoms with van der Waals surface area (Å²) in [5, 5.41) is 8.70. The van der Waals surface area contributed by atoms with Crippen molar-refractivity contribution in [3.63, 3.8) is 0 Å². The Balaban J connectivity index is 2.29. The van der Waals surface area contributed by atoms with Gasteiger partial charge in [-0.1, -0.05) is 13.8 Å². The lowest BCUT2D eigenvalue weighted by Crippen LogP contribution is -2.29. The monoisotopic (exact) mass is 246 g/mol. The third-order valence-corrected chi connectivity index (χ3v) is 3.04. The van der Waals surface area contributed by atoms with Gasteiger partial charge in [0.05, 0.1) is 12.5 Å². The molecule has 0 spiro atoms. The van der Waals surface area contributed by atoms with E-state index in [-0.39, 0.29) is 11.5 Å². The van der Waals surface area contributed by atoms with Crippen LogP contribution in [0.5, 0.6) is 0 Å². The van der Waals surface area contributed by atoms with E-state index >= 15 is 0 Å². The second kappa shape index (κ2) is 5.21. The fourth-order valence-electron chi connectivity index (χ4n) is 1.92. The lowest BCUT2D eigenvalue weighted by Gasteiger charge is -2.22. The van der Waals surface area contributed by atoms with Crippen LogP contribution in [0.3, 0.4) is 0 Å². The summed E-state index contributed by atoms with van der Waals surface area (Å²) in [5.74, 6) is 1.61. The number of rotatable bonds is 5. The van der Waals surface area contributed by atoms with Crippen LogP contribution in [-0.4, -0.2) is 22.6 Å². The maximum atomic E-state index is 11.6. The van der Waals surface area contributed by atoms with Crippen molar-refractivity contribution in [2.45, 2.75) is 45.1 Å². The van der Waals surface area contributed by atoms with Crippen LogP contribution < -0.4 is 10.5 Å². The molecule has 1 N–H and O–H groups in total. The predicted octanol–water partition coefficient (Wildman–Crippen LogP) is 1.78. The molecule has 5 heteroatoms. The highest BCUT2D eigenvalue weighted by molar-refractivity contribution is 5.41. The Morgan fingerprint density at radius 2 is 2.33 bits per heavy atom. The number of anilines is 1. The lowest BCUT2D eigenvalue weighted by atomic mass is 10.2. The van der Waals surface area contributed by atoms with E-state index in [0.29, 0.717) is 30.6 Å². The minimum Gasteiger partial charge on any atom is -0.352 e. The molecule has 1 aliphatic rings. The number of H-pyrrole nitrogens is 1. The summed E-state index contributed by atoms with van der Waals surface area (Å²) in [6, 6.07) is 4.13. The summed E-state index contributed by atoms with van der Waals surface area (Å²) in [6.45, 7) is 4.65. The summed E-state index contributed by atoms with van der Waals surface area (Å²) >= 11 is 0. The Kier molecular flexibility index (Phi) is 3.66. The summed E-state index contributed by atoms with van der Waals surface area (Å²) in [7, 11) is 0. The maximum absolute atomic E-state index is 11.6. The summed E-state index contributed by atoms with van der Waals surface area (Å²) in [5.41, 5.74) is -0.119. The van der Waals surface area contributed by atoms with Crippen LogP contribution in [0.1, 0.15) is 44.9 Å². The van der Waals surface area contributed by atoms with Gasteiger partial charge in [-0.3, -0.25) is 4.79 Å². The normalized spacial score (nSPS) is 14.6. The zero-order valence-corrected chi connectivity index (χ0v) is 10.8. The third kappa shape index (κ3) is 2.89. The first-order valence-corrected chi connectivity index (χ1v) is 6.36. The number of hydrogen-bond acceptors (Lipinski definition) is 4.